The number of amides is 2. The molecule has 0 aromatic heterocycles. The Morgan fingerprint density at radius 3 is 2.44 bits per heavy atom. The van der Waals surface area contributed by atoms with Crippen molar-refractivity contribution in [1.82, 2.24) is 9.80 Å². The molecule has 1 unspecified atom stereocenters. The SMILES string of the molecule is CO[C@H]1C[C@@H](C(=O)N2CC[C@@]3(Cc4ccc(F)cc4)c4ccc(C(C)(F)C(F)(F)F)cc4CC[C@@H]23)N(C)C1=O. The third kappa shape index (κ3) is 4.40. The highest BCUT2D eigenvalue weighted by molar-refractivity contribution is 5.93. The van der Waals surface area contributed by atoms with Gasteiger partial charge in [0.05, 0.1) is 0 Å². The number of aryl methyl sites for hydroxylation is 1. The molecular formula is C29H31F5N2O3. The number of methoxy groups -OCH3 is 1. The van der Waals surface area contributed by atoms with Crippen LogP contribution in [-0.2, 0) is 38.3 Å². The lowest BCUT2D eigenvalue weighted by molar-refractivity contribution is -0.228. The van der Waals surface area contributed by atoms with Gasteiger partial charge in [-0.3, -0.25) is 9.59 Å². The Morgan fingerprint density at radius 1 is 1.13 bits per heavy atom. The van der Waals surface area contributed by atoms with E-state index in [2.05, 4.69) is 0 Å². The first-order chi connectivity index (χ1) is 18.3. The number of hydrogen-bond acceptors (Lipinski definition) is 3. The molecule has 10 heteroatoms. The summed E-state index contributed by atoms with van der Waals surface area (Å²) in [6.07, 6.45) is -3.72. The fourth-order valence-corrected chi connectivity index (χ4v) is 6.75. The van der Waals surface area contributed by atoms with Crippen molar-refractivity contribution in [3.63, 3.8) is 0 Å². The molecule has 2 aromatic carbocycles. The molecule has 0 N–H and O–H groups in total. The van der Waals surface area contributed by atoms with Gasteiger partial charge in [0.25, 0.3) is 5.91 Å². The summed E-state index contributed by atoms with van der Waals surface area (Å²) in [6, 6.07) is 9.16. The summed E-state index contributed by atoms with van der Waals surface area (Å²) in [7, 11) is 3.01. The predicted octanol–water partition coefficient (Wildman–Crippen LogP) is 4.85. The molecule has 39 heavy (non-hydrogen) atoms. The molecule has 5 rings (SSSR count). The molecule has 2 aliphatic heterocycles. The molecule has 2 fully saturated rings. The Morgan fingerprint density at radius 2 is 1.82 bits per heavy atom. The normalized spacial score (nSPS) is 28.3. The van der Waals surface area contributed by atoms with Crippen LogP contribution in [-0.4, -0.2) is 66.7 Å². The molecule has 3 aliphatic rings. The molecule has 0 bridgehead atoms. The van der Waals surface area contributed by atoms with Gasteiger partial charge in [-0.25, -0.2) is 8.78 Å². The average molecular weight is 551 g/mol. The van der Waals surface area contributed by atoms with Crippen molar-refractivity contribution in [2.75, 3.05) is 20.7 Å². The zero-order chi connectivity index (χ0) is 28.3. The van der Waals surface area contributed by atoms with Crippen molar-refractivity contribution in [3.8, 4) is 0 Å². The monoisotopic (exact) mass is 550 g/mol. The van der Waals surface area contributed by atoms with Crippen molar-refractivity contribution in [2.24, 2.45) is 0 Å². The quantitative estimate of drug-likeness (QED) is 0.501. The van der Waals surface area contributed by atoms with Crippen molar-refractivity contribution >= 4 is 11.8 Å². The average Bonchev–Trinajstić information content (AvgIpc) is 3.41. The summed E-state index contributed by atoms with van der Waals surface area (Å²) in [4.78, 5) is 29.5. The van der Waals surface area contributed by atoms with Gasteiger partial charge < -0.3 is 14.5 Å². The number of rotatable bonds is 5. The molecule has 1 aliphatic carbocycles. The fourth-order valence-electron chi connectivity index (χ4n) is 6.75. The molecule has 5 atom stereocenters. The minimum Gasteiger partial charge on any atom is -0.372 e. The number of carbonyl (C=O) groups is 2. The van der Waals surface area contributed by atoms with E-state index in [1.807, 2.05) is 0 Å². The third-order valence-corrected chi connectivity index (χ3v) is 9.03. The zero-order valence-corrected chi connectivity index (χ0v) is 22.0. The van der Waals surface area contributed by atoms with Gasteiger partial charge in [0, 0.05) is 38.6 Å². The molecule has 210 valence electrons. The van der Waals surface area contributed by atoms with E-state index >= 15 is 0 Å². The summed E-state index contributed by atoms with van der Waals surface area (Å²) in [5.74, 6) is -0.835. The maximum absolute atomic E-state index is 14.9. The van der Waals surface area contributed by atoms with Crippen LogP contribution in [0.4, 0.5) is 22.0 Å². The summed E-state index contributed by atoms with van der Waals surface area (Å²) in [5, 5.41) is 0. The van der Waals surface area contributed by atoms with E-state index < -0.39 is 35.0 Å². The molecule has 2 aromatic rings. The van der Waals surface area contributed by atoms with E-state index in [0.717, 1.165) is 11.1 Å². The van der Waals surface area contributed by atoms with Crippen molar-refractivity contribution in [2.45, 2.75) is 74.5 Å². The number of alkyl halides is 4. The lowest BCUT2D eigenvalue weighted by atomic mass is 9.63. The Kier molecular flexibility index (Phi) is 6.76. The first kappa shape index (κ1) is 27.6. The number of benzene rings is 2. The van der Waals surface area contributed by atoms with E-state index in [-0.39, 0.29) is 30.1 Å². The predicted molar refractivity (Wildman–Crippen MR) is 133 cm³/mol. The van der Waals surface area contributed by atoms with Crippen molar-refractivity contribution < 1.29 is 36.3 Å². The largest absolute Gasteiger partial charge is 0.426 e. The summed E-state index contributed by atoms with van der Waals surface area (Å²) < 4.78 is 74.2. The second-order valence-corrected chi connectivity index (χ2v) is 11.1. The number of nitrogens with zero attached hydrogens (tertiary/aromatic N) is 2. The van der Waals surface area contributed by atoms with Gasteiger partial charge in [0.15, 0.2) is 0 Å². The van der Waals surface area contributed by atoms with E-state index in [0.29, 0.717) is 44.7 Å². The lowest BCUT2D eigenvalue weighted by Gasteiger charge is -2.44. The molecule has 5 nitrogen and oxygen atoms in total. The standard InChI is InChI=1S/C29H31F5N2O3/c1-27(31,29(32,33)34)19-7-10-21-18(14-19)6-11-24-28(21,16-17-4-8-20(30)9-5-17)12-13-36(24)25(37)22-15-23(39-3)26(38)35(22)2/h4-5,7-10,14,22-24H,6,11-13,15-16H2,1-3H3/t22-,23-,24+,27?,28+/m0/s1. The van der Waals surface area contributed by atoms with E-state index in [1.54, 1.807) is 30.1 Å². The van der Waals surface area contributed by atoms with Gasteiger partial charge in [0.2, 0.25) is 11.6 Å². The Balaban J connectivity index is 1.54. The topological polar surface area (TPSA) is 49.9 Å². The van der Waals surface area contributed by atoms with Crippen LogP contribution < -0.4 is 0 Å². The number of ether oxygens (including phenoxy) is 1. The van der Waals surface area contributed by atoms with Gasteiger partial charge in [-0.1, -0.05) is 30.3 Å². The highest BCUT2D eigenvalue weighted by Gasteiger charge is 2.56. The van der Waals surface area contributed by atoms with Crippen LogP contribution in [0, 0.1) is 5.82 Å². The minimum absolute atomic E-state index is 0.190. The number of fused-ring (bicyclic) bond motifs is 3. The number of likely N-dealkylation sites (N-methyl/N-ethyl adjacent to an activating group) is 1. The van der Waals surface area contributed by atoms with Crippen LogP contribution in [0.2, 0.25) is 0 Å². The number of halogens is 5. The van der Waals surface area contributed by atoms with Crippen molar-refractivity contribution in [3.05, 3.63) is 70.5 Å². The third-order valence-electron chi connectivity index (χ3n) is 9.03. The van der Waals surface area contributed by atoms with Crippen LogP contribution in [0.5, 0.6) is 0 Å². The van der Waals surface area contributed by atoms with Crippen LogP contribution >= 0.6 is 0 Å². The first-order valence-corrected chi connectivity index (χ1v) is 13.0. The van der Waals surface area contributed by atoms with Crippen LogP contribution in [0.3, 0.4) is 0 Å². The molecule has 2 saturated heterocycles. The summed E-state index contributed by atoms with van der Waals surface area (Å²) in [5.41, 5.74) is -2.38. The maximum Gasteiger partial charge on any atom is 0.426 e. The van der Waals surface area contributed by atoms with Gasteiger partial charge in [-0.15, -0.1) is 0 Å². The number of likely N-dealkylation sites (tertiary alicyclic amines) is 2. The lowest BCUT2D eigenvalue weighted by Crippen LogP contribution is -2.53. The highest BCUT2D eigenvalue weighted by atomic mass is 19.4. The maximum atomic E-state index is 14.9. The molecule has 0 radical (unpaired) electrons. The van der Waals surface area contributed by atoms with Gasteiger partial charge in [0.1, 0.15) is 18.0 Å². The van der Waals surface area contributed by atoms with Gasteiger partial charge in [-0.2, -0.15) is 13.2 Å². The molecule has 0 saturated carbocycles. The molecular weight excluding hydrogens is 519 g/mol. The van der Waals surface area contributed by atoms with Gasteiger partial charge in [-0.05, 0) is 67.0 Å². The molecule has 2 heterocycles. The van der Waals surface area contributed by atoms with E-state index in [9.17, 15) is 31.5 Å². The van der Waals surface area contributed by atoms with Crippen LogP contribution in [0.1, 0.15) is 48.4 Å². The minimum atomic E-state index is -5.06. The summed E-state index contributed by atoms with van der Waals surface area (Å²) >= 11 is 0. The Bertz CT molecular complexity index is 1280. The van der Waals surface area contributed by atoms with Crippen LogP contribution in [0.25, 0.3) is 0 Å². The van der Waals surface area contributed by atoms with Gasteiger partial charge >= 0.3 is 6.18 Å². The Hall–Kier alpha value is -3.01. The van der Waals surface area contributed by atoms with Crippen LogP contribution in [0.15, 0.2) is 42.5 Å². The van der Waals surface area contributed by atoms with E-state index in [1.165, 1.54) is 36.3 Å². The molecule has 0 spiro atoms. The summed E-state index contributed by atoms with van der Waals surface area (Å²) in [6.45, 7) is 0.919. The zero-order valence-electron chi connectivity index (χ0n) is 22.0. The second kappa shape index (κ2) is 9.57. The first-order valence-electron chi connectivity index (χ1n) is 13.0. The smallest absolute Gasteiger partial charge is 0.372 e. The van der Waals surface area contributed by atoms with E-state index in [4.69, 9.17) is 4.74 Å². The fraction of sp³-hybridized carbons (Fsp3) is 0.517. The van der Waals surface area contributed by atoms with Crippen molar-refractivity contribution in [1.29, 1.82) is 0 Å². The Labute approximate surface area is 223 Å². The molecule has 2 amide bonds. The number of carbonyl (C=O) groups excluding carboxylic acids is 2. The second-order valence-electron chi connectivity index (χ2n) is 11.1. The highest BCUT2D eigenvalue weighted by Crippen LogP contribution is 2.51. The number of hydrogen-bond donors (Lipinski definition) is 0.